The van der Waals surface area contributed by atoms with Crippen LogP contribution in [-0.4, -0.2) is 40.1 Å². The summed E-state index contributed by atoms with van der Waals surface area (Å²) in [5, 5.41) is 11.0. The first kappa shape index (κ1) is 21.0. The Morgan fingerprint density at radius 1 is 1.07 bits per heavy atom. The number of rotatable bonds is 4. The number of hydrogen-bond donors (Lipinski definition) is 2. The van der Waals surface area contributed by atoms with Crippen LogP contribution in [-0.2, 0) is 4.79 Å². The molecule has 156 valence electrons. The molecule has 1 heterocycles. The van der Waals surface area contributed by atoms with Gasteiger partial charge in [0.15, 0.2) is 0 Å². The molecule has 1 aliphatic rings. The SMILES string of the molecule is Cc1ccccc1C(=O)NNC(=O)C1CCCN1C(=O)c1ccc([N+](=O)[O-])c(C)c1. The molecule has 30 heavy (non-hydrogen) atoms. The first-order chi connectivity index (χ1) is 14.3. The van der Waals surface area contributed by atoms with E-state index in [2.05, 4.69) is 10.9 Å². The van der Waals surface area contributed by atoms with E-state index in [4.69, 9.17) is 0 Å². The molecule has 3 amide bonds. The Labute approximate surface area is 173 Å². The highest BCUT2D eigenvalue weighted by atomic mass is 16.6. The summed E-state index contributed by atoms with van der Waals surface area (Å²) >= 11 is 0. The van der Waals surface area contributed by atoms with E-state index in [0.717, 1.165) is 5.56 Å². The van der Waals surface area contributed by atoms with Crippen molar-refractivity contribution in [2.45, 2.75) is 32.7 Å². The number of benzene rings is 2. The molecule has 2 N–H and O–H groups in total. The smallest absolute Gasteiger partial charge is 0.272 e. The van der Waals surface area contributed by atoms with Crippen molar-refractivity contribution in [1.82, 2.24) is 15.8 Å². The van der Waals surface area contributed by atoms with Crippen molar-refractivity contribution in [2.24, 2.45) is 0 Å². The highest BCUT2D eigenvalue weighted by molar-refractivity contribution is 6.00. The van der Waals surface area contributed by atoms with Crippen LogP contribution in [0.25, 0.3) is 0 Å². The molecule has 1 atom stereocenters. The maximum absolute atomic E-state index is 12.9. The molecular formula is C21H22N4O5. The van der Waals surface area contributed by atoms with Crippen molar-refractivity contribution in [3.63, 3.8) is 0 Å². The number of amides is 3. The highest BCUT2D eigenvalue weighted by Crippen LogP contribution is 2.24. The van der Waals surface area contributed by atoms with Crippen molar-refractivity contribution < 1.29 is 19.3 Å². The van der Waals surface area contributed by atoms with Gasteiger partial charge in [0.2, 0.25) is 0 Å². The maximum atomic E-state index is 12.9. The number of nitrogens with one attached hydrogen (secondary N) is 2. The average Bonchev–Trinajstić information content (AvgIpc) is 3.21. The van der Waals surface area contributed by atoms with Gasteiger partial charge >= 0.3 is 0 Å². The van der Waals surface area contributed by atoms with E-state index in [-0.39, 0.29) is 17.2 Å². The first-order valence-electron chi connectivity index (χ1n) is 9.51. The molecule has 3 rings (SSSR count). The standard InChI is InChI=1S/C21H22N4O5/c1-13-6-3-4-7-16(13)19(26)22-23-20(27)18-8-5-11-24(18)21(28)15-9-10-17(25(29)30)14(2)12-15/h3-4,6-7,9-10,12,18H,5,8,11H2,1-2H3,(H,22,26)(H,23,27). The van der Waals surface area contributed by atoms with Crippen LogP contribution in [0.1, 0.15) is 44.7 Å². The van der Waals surface area contributed by atoms with Crippen LogP contribution in [0.2, 0.25) is 0 Å². The van der Waals surface area contributed by atoms with Crippen LogP contribution in [0.3, 0.4) is 0 Å². The minimum absolute atomic E-state index is 0.0683. The Kier molecular flexibility index (Phi) is 6.10. The molecule has 1 saturated heterocycles. The van der Waals surface area contributed by atoms with Crippen LogP contribution in [0.15, 0.2) is 42.5 Å². The van der Waals surface area contributed by atoms with Crippen molar-refractivity contribution in [2.75, 3.05) is 6.54 Å². The third kappa shape index (κ3) is 4.29. The van der Waals surface area contributed by atoms with Gasteiger partial charge in [0, 0.05) is 29.3 Å². The molecule has 0 bridgehead atoms. The number of carbonyl (C=O) groups is 3. The number of hydrogen-bond acceptors (Lipinski definition) is 5. The minimum Gasteiger partial charge on any atom is -0.327 e. The summed E-state index contributed by atoms with van der Waals surface area (Å²) in [5.41, 5.74) is 6.59. The topological polar surface area (TPSA) is 122 Å². The van der Waals surface area contributed by atoms with Gasteiger partial charge in [-0.05, 0) is 50.5 Å². The van der Waals surface area contributed by atoms with Crippen molar-refractivity contribution in [3.05, 3.63) is 74.8 Å². The molecule has 2 aromatic rings. The molecule has 9 heteroatoms. The van der Waals surface area contributed by atoms with Crippen molar-refractivity contribution in [1.29, 1.82) is 0 Å². The molecule has 0 radical (unpaired) electrons. The van der Waals surface area contributed by atoms with Crippen LogP contribution >= 0.6 is 0 Å². The van der Waals surface area contributed by atoms with Crippen LogP contribution in [0.4, 0.5) is 5.69 Å². The Morgan fingerprint density at radius 2 is 1.80 bits per heavy atom. The Hall–Kier alpha value is -3.75. The Balaban J connectivity index is 1.67. The molecule has 1 unspecified atom stereocenters. The quantitative estimate of drug-likeness (QED) is 0.592. The summed E-state index contributed by atoms with van der Waals surface area (Å²) in [6.45, 7) is 3.74. The van der Waals surface area contributed by atoms with Crippen molar-refractivity contribution >= 4 is 23.4 Å². The average molecular weight is 410 g/mol. The van der Waals surface area contributed by atoms with Gasteiger partial charge in [-0.3, -0.25) is 35.3 Å². The second kappa shape index (κ2) is 8.73. The second-order valence-electron chi connectivity index (χ2n) is 7.17. The Morgan fingerprint density at radius 3 is 2.47 bits per heavy atom. The van der Waals surface area contributed by atoms with E-state index in [1.807, 2.05) is 6.07 Å². The molecule has 0 aliphatic carbocycles. The van der Waals surface area contributed by atoms with E-state index in [1.54, 1.807) is 32.0 Å². The van der Waals surface area contributed by atoms with Gasteiger partial charge in [0.25, 0.3) is 23.4 Å². The third-order valence-corrected chi connectivity index (χ3v) is 5.15. The molecule has 0 spiro atoms. The van der Waals surface area contributed by atoms with Crippen LogP contribution in [0, 0.1) is 24.0 Å². The molecule has 1 fully saturated rings. The summed E-state index contributed by atoms with van der Waals surface area (Å²) in [7, 11) is 0. The number of nitro benzene ring substituents is 1. The minimum atomic E-state index is -0.731. The van der Waals surface area contributed by atoms with E-state index in [9.17, 15) is 24.5 Å². The second-order valence-corrected chi connectivity index (χ2v) is 7.17. The van der Waals surface area contributed by atoms with Gasteiger partial charge in [-0.1, -0.05) is 18.2 Å². The van der Waals surface area contributed by atoms with Crippen LogP contribution in [0.5, 0.6) is 0 Å². The zero-order valence-electron chi connectivity index (χ0n) is 16.7. The summed E-state index contributed by atoms with van der Waals surface area (Å²) in [5.74, 6) is -1.30. The lowest BCUT2D eigenvalue weighted by Crippen LogP contribution is -2.51. The number of hydrazine groups is 1. The molecule has 1 aliphatic heterocycles. The predicted octanol–water partition coefficient (Wildman–Crippen LogP) is 2.28. The van der Waals surface area contributed by atoms with Crippen molar-refractivity contribution in [3.8, 4) is 0 Å². The number of nitrogens with zero attached hydrogens (tertiary/aromatic N) is 2. The molecule has 0 aromatic heterocycles. The lowest BCUT2D eigenvalue weighted by molar-refractivity contribution is -0.385. The van der Waals surface area contributed by atoms with E-state index >= 15 is 0 Å². The summed E-state index contributed by atoms with van der Waals surface area (Å²) in [6, 6.07) is 10.4. The van der Waals surface area contributed by atoms with Gasteiger partial charge in [-0.15, -0.1) is 0 Å². The normalized spacial score (nSPS) is 15.5. The summed E-state index contributed by atoms with van der Waals surface area (Å²) in [6.07, 6.45) is 1.10. The zero-order chi connectivity index (χ0) is 21.8. The number of nitro groups is 1. The largest absolute Gasteiger partial charge is 0.327 e. The van der Waals surface area contributed by atoms with Gasteiger partial charge in [-0.25, -0.2) is 0 Å². The highest BCUT2D eigenvalue weighted by Gasteiger charge is 2.35. The maximum Gasteiger partial charge on any atom is 0.272 e. The summed E-state index contributed by atoms with van der Waals surface area (Å²) in [4.78, 5) is 49.7. The predicted molar refractivity (Wildman–Crippen MR) is 109 cm³/mol. The third-order valence-electron chi connectivity index (χ3n) is 5.15. The number of carbonyl (C=O) groups excluding carboxylic acids is 3. The molecule has 2 aromatic carbocycles. The molecular weight excluding hydrogens is 388 g/mol. The van der Waals surface area contributed by atoms with E-state index < -0.39 is 22.8 Å². The number of likely N-dealkylation sites (tertiary alicyclic amines) is 1. The Bertz CT molecular complexity index is 1020. The first-order valence-corrected chi connectivity index (χ1v) is 9.51. The van der Waals surface area contributed by atoms with Crippen LogP contribution < -0.4 is 10.9 Å². The number of aryl methyl sites for hydroxylation is 2. The fraction of sp³-hybridized carbons (Fsp3) is 0.286. The monoisotopic (exact) mass is 410 g/mol. The van der Waals surface area contributed by atoms with Gasteiger partial charge in [0.05, 0.1) is 4.92 Å². The van der Waals surface area contributed by atoms with Gasteiger partial charge in [0.1, 0.15) is 6.04 Å². The van der Waals surface area contributed by atoms with E-state index in [0.29, 0.717) is 30.5 Å². The van der Waals surface area contributed by atoms with Gasteiger partial charge in [-0.2, -0.15) is 0 Å². The van der Waals surface area contributed by atoms with Gasteiger partial charge < -0.3 is 4.90 Å². The van der Waals surface area contributed by atoms with E-state index in [1.165, 1.54) is 23.1 Å². The molecule has 9 nitrogen and oxygen atoms in total. The zero-order valence-corrected chi connectivity index (χ0v) is 16.7. The lowest BCUT2D eigenvalue weighted by Gasteiger charge is -2.24. The fourth-order valence-electron chi connectivity index (χ4n) is 3.54. The fourth-order valence-corrected chi connectivity index (χ4v) is 3.54. The summed E-state index contributed by atoms with van der Waals surface area (Å²) < 4.78 is 0. The molecule has 0 saturated carbocycles. The lowest BCUT2D eigenvalue weighted by atomic mass is 10.1.